The Kier molecular flexibility index (Phi) is 5.10. The molecule has 1 unspecified atom stereocenters. The highest BCUT2D eigenvalue weighted by Crippen LogP contribution is 2.26. The topological polar surface area (TPSA) is 83.4 Å². The molecule has 1 aromatic carbocycles. The summed E-state index contributed by atoms with van der Waals surface area (Å²) in [6, 6.07) is 10.1. The largest absolute Gasteiger partial charge is 0.476 e. The third-order valence-corrected chi connectivity index (χ3v) is 5.15. The van der Waals surface area contributed by atoms with Crippen molar-refractivity contribution in [3.8, 4) is 0 Å². The molecule has 7 heteroatoms. The van der Waals surface area contributed by atoms with Gasteiger partial charge in [0.2, 0.25) is 0 Å². The van der Waals surface area contributed by atoms with Crippen LogP contribution in [-0.4, -0.2) is 50.7 Å². The van der Waals surface area contributed by atoms with Crippen molar-refractivity contribution in [2.45, 2.75) is 11.3 Å². The Hall–Kier alpha value is -2.41. The summed E-state index contributed by atoms with van der Waals surface area (Å²) in [6.45, 7) is 1.24. The van der Waals surface area contributed by atoms with Gasteiger partial charge in [-0.3, -0.25) is 4.79 Å². The van der Waals surface area contributed by atoms with Crippen molar-refractivity contribution in [3.05, 3.63) is 54.1 Å². The second kappa shape index (κ2) is 7.44. The highest BCUT2D eigenvalue weighted by Gasteiger charge is 2.30. The first-order valence-electron chi connectivity index (χ1n) is 7.66. The fraction of sp³-hybridized carbons (Fsp3) is 0.294. The number of hydrogen-bond donors (Lipinski definition) is 1. The van der Waals surface area contributed by atoms with Crippen LogP contribution in [0.25, 0.3) is 0 Å². The average molecular weight is 343 g/mol. The van der Waals surface area contributed by atoms with Crippen LogP contribution in [0.1, 0.15) is 27.4 Å². The van der Waals surface area contributed by atoms with E-state index in [0.29, 0.717) is 19.0 Å². The lowest BCUT2D eigenvalue weighted by atomic mass is 10.2. The van der Waals surface area contributed by atoms with Gasteiger partial charge < -0.3 is 10.0 Å². The first kappa shape index (κ1) is 16.4. The van der Waals surface area contributed by atoms with Crippen molar-refractivity contribution in [1.82, 2.24) is 14.9 Å². The van der Waals surface area contributed by atoms with Crippen molar-refractivity contribution in [1.29, 1.82) is 0 Å². The Morgan fingerprint density at radius 3 is 2.58 bits per heavy atom. The molecular weight excluding hydrogens is 326 g/mol. The molecule has 6 nitrogen and oxygen atoms in total. The van der Waals surface area contributed by atoms with Crippen LogP contribution < -0.4 is 0 Å². The molecule has 1 amide bonds. The Bertz CT molecular complexity index is 739. The third kappa shape index (κ3) is 3.73. The van der Waals surface area contributed by atoms with E-state index in [1.165, 1.54) is 17.3 Å². The van der Waals surface area contributed by atoms with Crippen LogP contribution in [-0.2, 0) is 0 Å². The van der Waals surface area contributed by atoms with E-state index in [9.17, 15) is 9.59 Å². The molecule has 2 aromatic rings. The maximum Gasteiger partial charge on any atom is 0.356 e. The minimum absolute atomic E-state index is 0.0821. The molecule has 1 atom stereocenters. The van der Waals surface area contributed by atoms with E-state index in [-0.39, 0.29) is 17.3 Å². The smallest absolute Gasteiger partial charge is 0.356 e. The fourth-order valence-corrected chi connectivity index (χ4v) is 3.73. The van der Waals surface area contributed by atoms with Gasteiger partial charge in [-0.15, -0.1) is 11.8 Å². The standard InChI is InChI=1S/C17H17N3O3S/c21-16(14-15(17(22)23)19-8-7-18-14)20-9-6-12(10-20)11-24-13-4-2-1-3-5-13/h1-5,7-8,12H,6,9-11H2,(H,22,23). The number of nitrogens with zero attached hydrogens (tertiary/aromatic N) is 3. The number of likely N-dealkylation sites (tertiary alicyclic amines) is 1. The van der Waals surface area contributed by atoms with Gasteiger partial charge in [-0.25, -0.2) is 14.8 Å². The molecule has 0 radical (unpaired) electrons. The lowest BCUT2D eigenvalue weighted by Crippen LogP contribution is -2.31. The first-order valence-corrected chi connectivity index (χ1v) is 8.65. The number of amides is 1. The van der Waals surface area contributed by atoms with E-state index in [1.807, 2.05) is 18.2 Å². The predicted molar refractivity (Wildman–Crippen MR) is 90.2 cm³/mol. The fourth-order valence-electron chi connectivity index (χ4n) is 2.68. The molecule has 1 fully saturated rings. The molecule has 0 spiro atoms. The number of aromatic carboxylic acids is 1. The SMILES string of the molecule is O=C(O)c1nccnc1C(=O)N1CCC(CSc2ccccc2)C1. The van der Waals surface area contributed by atoms with Crippen molar-refractivity contribution >= 4 is 23.6 Å². The number of carboxylic acid groups (broad SMARTS) is 1. The van der Waals surface area contributed by atoms with E-state index in [0.717, 1.165) is 12.2 Å². The number of aromatic nitrogens is 2. The number of carbonyl (C=O) groups is 2. The maximum atomic E-state index is 12.5. The Morgan fingerprint density at radius 2 is 1.88 bits per heavy atom. The van der Waals surface area contributed by atoms with Gasteiger partial charge in [-0.2, -0.15) is 0 Å². The summed E-state index contributed by atoms with van der Waals surface area (Å²) in [5.74, 6) is -0.265. The summed E-state index contributed by atoms with van der Waals surface area (Å²) in [4.78, 5) is 34.3. The van der Waals surface area contributed by atoms with Gasteiger partial charge in [0, 0.05) is 36.1 Å². The van der Waals surface area contributed by atoms with E-state index < -0.39 is 5.97 Å². The van der Waals surface area contributed by atoms with Gasteiger partial charge in [-0.1, -0.05) is 18.2 Å². The molecule has 3 rings (SSSR count). The Balaban J connectivity index is 1.61. The molecule has 1 aliphatic rings. The zero-order valence-corrected chi connectivity index (χ0v) is 13.8. The Morgan fingerprint density at radius 1 is 1.17 bits per heavy atom. The molecule has 2 heterocycles. The lowest BCUT2D eigenvalue weighted by molar-refractivity contribution is 0.0671. The lowest BCUT2D eigenvalue weighted by Gasteiger charge is -2.16. The summed E-state index contributed by atoms with van der Waals surface area (Å²) in [6.07, 6.45) is 3.54. The number of thioether (sulfide) groups is 1. The highest BCUT2D eigenvalue weighted by molar-refractivity contribution is 7.99. The summed E-state index contributed by atoms with van der Waals surface area (Å²) in [5, 5.41) is 9.14. The molecule has 24 heavy (non-hydrogen) atoms. The quantitative estimate of drug-likeness (QED) is 0.840. The van der Waals surface area contributed by atoms with Gasteiger partial charge in [0.05, 0.1) is 0 Å². The zero-order valence-electron chi connectivity index (χ0n) is 13.0. The number of carbonyl (C=O) groups excluding carboxylic acids is 1. The number of rotatable bonds is 5. The van der Waals surface area contributed by atoms with Crippen LogP contribution in [0.15, 0.2) is 47.6 Å². The van der Waals surface area contributed by atoms with Crippen molar-refractivity contribution < 1.29 is 14.7 Å². The second-order valence-electron chi connectivity index (χ2n) is 5.59. The normalized spacial score (nSPS) is 17.0. The average Bonchev–Trinajstić information content (AvgIpc) is 3.09. The van der Waals surface area contributed by atoms with Gasteiger partial charge in [0.15, 0.2) is 11.4 Å². The van der Waals surface area contributed by atoms with Crippen LogP contribution in [0.4, 0.5) is 0 Å². The molecule has 124 valence electrons. The van der Waals surface area contributed by atoms with Crippen LogP contribution >= 0.6 is 11.8 Å². The van der Waals surface area contributed by atoms with E-state index in [2.05, 4.69) is 22.1 Å². The molecule has 0 saturated carbocycles. The van der Waals surface area contributed by atoms with Gasteiger partial charge in [0.1, 0.15) is 0 Å². The number of hydrogen-bond acceptors (Lipinski definition) is 5. The van der Waals surface area contributed by atoms with Crippen LogP contribution in [0.2, 0.25) is 0 Å². The van der Waals surface area contributed by atoms with E-state index in [1.54, 1.807) is 16.7 Å². The highest BCUT2D eigenvalue weighted by atomic mass is 32.2. The van der Waals surface area contributed by atoms with Crippen LogP contribution in [0.5, 0.6) is 0 Å². The minimum atomic E-state index is -1.23. The summed E-state index contributed by atoms with van der Waals surface area (Å²) in [5.41, 5.74) is -0.369. The molecule has 1 N–H and O–H groups in total. The second-order valence-corrected chi connectivity index (χ2v) is 6.68. The van der Waals surface area contributed by atoms with E-state index >= 15 is 0 Å². The summed E-state index contributed by atoms with van der Waals surface area (Å²) in [7, 11) is 0. The molecule has 1 aromatic heterocycles. The van der Waals surface area contributed by atoms with Crippen LogP contribution in [0.3, 0.4) is 0 Å². The molecular formula is C17H17N3O3S. The molecule has 1 saturated heterocycles. The molecule has 0 bridgehead atoms. The maximum absolute atomic E-state index is 12.5. The molecule has 0 aliphatic carbocycles. The Labute approximate surface area is 143 Å². The third-order valence-electron chi connectivity index (χ3n) is 3.91. The number of benzene rings is 1. The van der Waals surface area contributed by atoms with Gasteiger partial charge in [-0.05, 0) is 24.5 Å². The van der Waals surface area contributed by atoms with Crippen molar-refractivity contribution in [2.24, 2.45) is 5.92 Å². The zero-order chi connectivity index (χ0) is 16.9. The summed E-state index contributed by atoms with van der Waals surface area (Å²) >= 11 is 1.78. The number of carboxylic acids is 1. The summed E-state index contributed by atoms with van der Waals surface area (Å²) < 4.78 is 0. The van der Waals surface area contributed by atoms with Crippen molar-refractivity contribution in [3.63, 3.8) is 0 Å². The van der Waals surface area contributed by atoms with Gasteiger partial charge in [0.25, 0.3) is 5.91 Å². The van der Waals surface area contributed by atoms with Gasteiger partial charge >= 0.3 is 5.97 Å². The van der Waals surface area contributed by atoms with Crippen molar-refractivity contribution in [2.75, 3.05) is 18.8 Å². The predicted octanol–water partition coefficient (Wildman–Crippen LogP) is 2.43. The minimum Gasteiger partial charge on any atom is -0.476 e. The first-order chi connectivity index (χ1) is 11.6. The monoisotopic (exact) mass is 343 g/mol. The molecule has 1 aliphatic heterocycles. The van der Waals surface area contributed by atoms with Crippen LogP contribution in [0, 0.1) is 5.92 Å². The van der Waals surface area contributed by atoms with E-state index in [4.69, 9.17) is 5.11 Å².